The molecule has 1 atom stereocenters. The Balaban J connectivity index is 2.54. The number of nitrogens with one attached hydrogen (secondary N) is 1. The zero-order valence-electron chi connectivity index (χ0n) is 7.01. The molecule has 1 N–H and O–H groups in total. The van der Waals surface area contributed by atoms with E-state index >= 15 is 0 Å². The Kier molecular flexibility index (Phi) is 3.99. The van der Waals surface area contributed by atoms with Gasteiger partial charge in [-0.1, -0.05) is 22.9 Å². The molecule has 0 aliphatic rings. The van der Waals surface area contributed by atoms with E-state index in [1.165, 1.54) is 6.26 Å². The summed E-state index contributed by atoms with van der Waals surface area (Å²) in [7, 11) is 0. The topological polar surface area (TPSA) is 42.2 Å². The summed E-state index contributed by atoms with van der Waals surface area (Å²) in [6, 6.07) is 1.62. The van der Waals surface area contributed by atoms with E-state index < -0.39 is 0 Å². The van der Waals surface area contributed by atoms with Crippen LogP contribution in [0.2, 0.25) is 0 Å². The maximum Gasteiger partial charge on any atom is 0.255 e. The first-order chi connectivity index (χ1) is 6.11. The second-order valence-corrected chi connectivity index (χ2v) is 4.88. The molecule has 0 bridgehead atoms. The van der Waals surface area contributed by atoms with Crippen LogP contribution in [0.5, 0.6) is 0 Å². The second kappa shape index (κ2) is 4.81. The largest absolute Gasteiger partial charge is 0.457 e. The summed E-state index contributed by atoms with van der Waals surface area (Å²) < 4.78 is 5.40. The molecule has 13 heavy (non-hydrogen) atoms. The number of hydrogen-bond acceptors (Lipinski definition) is 2. The summed E-state index contributed by atoms with van der Waals surface area (Å²) in [5.74, 6) is -0.132. The van der Waals surface area contributed by atoms with Gasteiger partial charge in [-0.25, -0.2) is 0 Å². The Bertz CT molecular complexity index is 296. The lowest BCUT2D eigenvalue weighted by Crippen LogP contribution is -2.28. The van der Waals surface area contributed by atoms with Gasteiger partial charge in [0, 0.05) is 11.4 Å². The number of rotatable bonds is 3. The summed E-state index contributed by atoms with van der Waals surface area (Å²) >= 11 is 6.47. The standard InChI is InChI=1S/C8H9Br2NO2/c1-5(9)4-11-8(12)6-2-3-13-7(6)10/h2-3,5H,4H2,1H3,(H,11,12). The van der Waals surface area contributed by atoms with Crippen molar-refractivity contribution in [2.45, 2.75) is 11.8 Å². The number of halogens is 2. The average Bonchev–Trinajstić information content (AvgIpc) is 2.47. The number of amides is 1. The van der Waals surface area contributed by atoms with Gasteiger partial charge in [0.1, 0.15) is 0 Å². The van der Waals surface area contributed by atoms with E-state index in [9.17, 15) is 4.79 Å². The number of carbonyl (C=O) groups excluding carboxylic acids is 1. The molecule has 1 heterocycles. The Morgan fingerprint density at radius 1 is 1.77 bits per heavy atom. The van der Waals surface area contributed by atoms with Crippen LogP contribution in [0.15, 0.2) is 21.4 Å². The van der Waals surface area contributed by atoms with E-state index in [4.69, 9.17) is 4.42 Å². The fourth-order valence-electron chi connectivity index (χ4n) is 0.784. The van der Waals surface area contributed by atoms with Gasteiger partial charge >= 0.3 is 0 Å². The summed E-state index contributed by atoms with van der Waals surface area (Å²) in [5, 5.41) is 2.75. The van der Waals surface area contributed by atoms with Crippen molar-refractivity contribution in [3.05, 3.63) is 22.6 Å². The van der Waals surface area contributed by atoms with Gasteiger partial charge in [0.2, 0.25) is 0 Å². The highest BCUT2D eigenvalue weighted by Crippen LogP contribution is 2.17. The first-order valence-corrected chi connectivity index (χ1v) is 5.47. The van der Waals surface area contributed by atoms with Gasteiger partial charge < -0.3 is 9.73 Å². The average molecular weight is 311 g/mol. The highest BCUT2D eigenvalue weighted by molar-refractivity contribution is 9.10. The van der Waals surface area contributed by atoms with Crippen LogP contribution in [-0.4, -0.2) is 17.3 Å². The molecule has 0 aromatic carbocycles. The second-order valence-electron chi connectivity index (χ2n) is 2.60. The Morgan fingerprint density at radius 2 is 2.46 bits per heavy atom. The number of hydrogen-bond donors (Lipinski definition) is 1. The van der Waals surface area contributed by atoms with E-state index in [0.717, 1.165) is 0 Å². The van der Waals surface area contributed by atoms with Crippen LogP contribution >= 0.6 is 31.9 Å². The molecule has 0 spiro atoms. The number of carbonyl (C=O) groups is 1. The van der Waals surface area contributed by atoms with Crippen molar-refractivity contribution >= 4 is 37.8 Å². The fraction of sp³-hybridized carbons (Fsp3) is 0.375. The Hall–Kier alpha value is -0.290. The SMILES string of the molecule is CC(Br)CNC(=O)c1ccoc1Br. The lowest BCUT2D eigenvalue weighted by Gasteiger charge is -2.04. The van der Waals surface area contributed by atoms with E-state index in [1.54, 1.807) is 6.07 Å². The van der Waals surface area contributed by atoms with Gasteiger partial charge in [-0.15, -0.1) is 0 Å². The molecule has 1 rings (SSSR count). The molecular weight excluding hydrogens is 302 g/mol. The molecule has 0 radical (unpaired) electrons. The molecule has 0 aliphatic carbocycles. The predicted molar refractivity (Wildman–Crippen MR) is 57.1 cm³/mol. The maximum atomic E-state index is 11.4. The number of furan rings is 1. The third kappa shape index (κ3) is 3.15. The highest BCUT2D eigenvalue weighted by Gasteiger charge is 2.12. The molecule has 1 aromatic heterocycles. The maximum absolute atomic E-state index is 11.4. The van der Waals surface area contributed by atoms with Crippen LogP contribution < -0.4 is 5.32 Å². The smallest absolute Gasteiger partial charge is 0.255 e. The molecule has 3 nitrogen and oxygen atoms in total. The van der Waals surface area contributed by atoms with Crippen LogP contribution in [0.1, 0.15) is 17.3 Å². The van der Waals surface area contributed by atoms with Crippen LogP contribution in [0.3, 0.4) is 0 Å². The van der Waals surface area contributed by atoms with Crippen molar-refractivity contribution in [3.63, 3.8) is 0 Å². The minimum absolute atomic E-state index is 0.132. The number of alkyl halides is 1. The predicted octanol–water partition coefficient (Wildman–Crippen LogP) is 2.56. The monoisotopic (exact) mass is 309 g/mol. The lowest BCUT2D eigenvalue weighted by atomic mass is 10.3. The minimum atomic E-state index is -0.132. The van der Waals surface area contributed by atoms with Crippen molar-refractivity contribution in [2.75, 3.05) is 6.54 Å². The summed E-state index contributed by atoms with van der Waals surface area (Å²) in [6.45, 7) is 2.56. The molecule has 72 valence electrons. The first-order valence-electron chi connectivity index (χ1n) is 3.76. The first kappa shape index (κ1) is 10.8. The Labute approximate surface area is 93.1 Å². The molecule has 1 aromatic rings. The molecule has 0 saturated heterocycles. The summed E-state index contributed by atoms with van der Waals surface area (Å²) in [4.78, 5) is 11.7. The van der Waals surface area contributed by atoms with Crippen LogP contribution in [0.4, 0.5) is 0 Å². The Morgan fingerprint density at radius 3 is 2.92 bits per heavy atom. The zero-order chi connectivity index (χ0) is 9.84. The molecule has 0 saturated carbocycles. The van der Waals surface area contributed by atoms with Gasteiger partial charge in [-0.2, -0.15) is 0 Å². The van der Waals surface area contributed by atoms with Crippen LogP contribution in [-0.2, 0) is 0 Å². The quantitative estimate of drug-likeness (QED) is 0.872. The fourth-order valence-corrected chi connectivity index (χ4v) is 1.37. The van der Waals surface area contributed by atoms with E-state index in [2.05, 4.69) is 37.2 Å². The normalized spacial score (nSPS) is 12.5. The van der Waals surface area contributed by atoms with Crippen LogP contribution in [0, 0.1) is 0 Å². The minimum Gasteiger partial charge on any atom is -0.457 e. The summed E-state index contributed by atoms with van der Waals surface area (Å²) in [5.41, 5.74) is 0.521. The molecule has 1 unspecified atom stereocenters. The van der Waals surface area contributed by atoms with Crippen molar-refractivity contribution in [2.24, 2.45) is 0 Å². The van der Waals surface area contributed by atoms with Gasteiger partial charge in [0.05, 0.1) is 11.8 Å². The van der Waals surface area contributed by atoms with Crippen molar-refractivity contribution in [1.82, 2.24) is 5.32 Å². The van der Waals surface area contributed by atoms with Crippen LogP contribution in [0.25, 0.3) is 0 Å². The molecule has 1 amide bonds. The van der Waals surface area contributed by atoms with Gasteiger partial charge in [0.25, 0.3) is 5.91 Å². The summed E-state index contributed by atoms with van der Waals surface area (Å²) in [6.07, 6.45) is 1.47. The molecule has 5 heteroatoms. The van der Waals surface area contributed by atoms with E-state index in [-0.39, 0.29) is 10.7 Å². The molecule has 0 fully saturated rings. The van der Waals surface area contributed by atoms with Crippen molar-refractivity contribution in [1.29, 1.82) is 0 Å². The lowest BCUT2D eigenvalue weighted by molar-refractivity contribution is 0.0952. The zero-order valence-corrected chi connectivity index (χ0v) is 10.2. The van der Waals surface area contributed by atoms with Crippen molar-refractivity contribution < 1.29 is 9.21 Å². The molecule has 0 aliphatic heterocycles. The van der Waals surface area contributed by atoms with Gasteiger partial charge in [-0.05, 0) is 22.0 Å². The highest BCUT2D eigenvalue weighted by atomic mass is 79.9. The van der Waals surface area contributed by atoms with Crippen molar-refractivity contribution in [3.8, 4) is 0 Å². The van der Waals surface area contributed by atoms with E-state index in [1.807, 2.05) is 6.92 Å². The molecular formula is C8H9Br2NO2. The van der Waals surface area contributed by atoms with Gasteiger partial charge in [0.15, 0.2) is 4.67 Å². The third-order valence-corrected chi connectivity index (χ3v) is 2.34. The third-order valence-electron chi connectivity index (χ3n) is 1.41. The van der Waals surface area contributed by atoms with E-state index in [0.29, 0.717) is 16.8 Å². The van der Waals surface area contributed by atoms with Gasteiger partial charge in [-0.3, -0.25) is 4.79 Å².